The number of carbonyl (C=O) groups excluding carboxylic acids is 11. The average Bonchev–Trinajstić information content (AvgIpc) is 1.62. The molecule has 522 valence electrons. The van der Waals surface area contributed by atoms with Crippen LogP contribution in [0.15, 0.2) is 103 Å². The number of anilines is 5. The number of fused-ring (bicyclic) bond motifs is 4. The highest BCUT2D eigenvalue weighted by Gasteiger charge is 2.47. The van der Waals surface area contributed by atoms with Crippen LogP contribution in [-0.4, -0.2) is 153 Å². The number of imidazole rings is 2. The van der Waals surface area contributed by atoms with Gasteiger partial charge in [0.2, 0.25) is 23.5 Å². The standard InChI is InChI=1S/C39H48N6O8.C30H34N6O4.2CO2/c1-5-19-52-39(49)45-30-23-31(26(3)22-28(30)37(48)44-18-8-6-11-29(44)38(45)53-34-13-7-9-20-51-34)50-21-10-12-33(46)41-32-24-43(4)35(42-32)36(47)40-27-16-14-25(2)15-17-27;1-19-9-11-21(12-10-19)32-29(38)28-34-26(18-35(28)3)33-27(37)8-6-14-40-25-16-24-23(15-20(25)2)30(39)36-13-5-4-7-22(36)17-31-24;2*2-1-3/h5,14-17,22-24,29,34,38H,1,6-13,18-21H2,2-4H3,(H,40,47)(H,41,46);9-12,15-18,22H,4-8,13-14H2,1-3H3,(H,32,38)(H,33,37);;/t29-,34?,38?;22-;;/m00../s1. The fourth-order valence-electron chi connectivity index (χ4n) is 11.9. The predicted molar refractivity (Wildman–Crippen MR) is 362 cm³/mol. The molecule has 4 atom stereocenters. The van der Waals surface area contributed by atoms with Gasteiger partial charge >= 0.3 is 18.4 Å². The highest BCUT2D eigenvalue weighted by atomic mass is 16.7. The van der Waals surface area contributed by atoms with Gasteiger partial charge in [0.05, 0.1) is 47.8 Å². The SMILES string of the molecule is C=CCOC(=O)N1c2cc(OCCCC(=O)Nc3cn(C)c(C(=O)Nc4ccc(C)cc4)n3)c(C)cc2C(=O)N2CCCC[C@H]2C1OC1CCCCO1.Cc1ccc(NC(=O)c2nc(NC(=O)CCCOc3cc4c(cc3C)C(=O)N3CCCC[C@H]3C=N4)cn2C)cc1.O=C=O.O=C=O. The van der Waals surface area contributed by atoms with Gasteiger partial charge in [-0.3, -0.25) is 33.8 Å². The monoisotopic (exact) mass is 1360 g/mol. The summed E-state index contributed by atoms with van der Waals surface area (Å²) < 4.78 is 33.3. The number of piperidine rings is 2. The van der Waals surface area contributed by atoms with Crippen LogP contribution in [0.5, 0.6) is 11.5 Å². The maximum atomic E-state index is 14.1. The average molecular weight is 1360 g/mol. The first kappa shape index (κ1) is 73.9. The minimum absolute atomic E-state index is 0.0165. The Bertz CT molecular complexity index is 3970. The van der Waals surface area contributed by atoms with E-state index in [9.17, 15) is 33.6 Å². The van der Waals surface area contributed by atoms with E-state index in [0.29, 0.717) is 102 Å². The third kappa shape index (κ3) is 19.9. The lowest BCUT2D eigenvalue weighted by Gasteiger charge is -2.42. The van der Waals surface area contributed by atoms with Crippen molar-refractivity contribution in [1.82, 2.24) is 28.9 Å². The highest BCUT2D eigenvalue weighted by Crippen LogP contribution is 2.41. The number of aromatic nitrogens is 4. The summed E-state index contributed by atoms with van der Waals surface area (Å²) in [5.74, 6) is 0.581. The van der Waals surface area contributed by atoms with Crippen LogP contribution in [0.25, 0.3) is 0 Å². The molecular formula is C71H82N12O16. The van der Waals surface area contributed by atoms with Crippen molar-refractivity contribution in [3.05, 3.63) is 143 Å². The van der Waals surface area contributed by atoms with Crippen molar-refractivity contribution in [1.29, 1.82) is 0 Å². The van der Waals surface area contributed by atoms with E-state index in [-0.39, 0.29) is 91.4 Å². The van der Waals surface area contributed by atoms with Crippen molar-refractivity contribution in [2.45, 2.75) is 136 Å². The summed E-state index contributed by atoms with van der Waals surface area (Å²) in [6.45, 7) is 13.7. The summed E-state index contributed by atoms with van der Waals surface area (Å²) in [5.41, 5.74) is 6.95. The van der Waals surface area contributed by atoms with E-state index in [1.807, 2.05) is 104 Å². The molecule has 0 aliphatic carbocycles. The molecule has 99 heavy (non-hydrogen) atoms. The molecule has 0 saturated carbocycles. The number of rotatable bonds is 20. The second-order valence-electron chi connectivity index (χ2n) is 24.2. The molecule has 11 rings (SSSR count). The van der Waals surface area contributed by atoms with Gasteiger partial charge in [-0.25, -0.2) is 19.7 Å². The van der Waals surface area contributed by atoms with Gasteiger partial charge in [-0.1, -0.05) is 48.0 Å². The Labute approximate surface area is 572 Å². The van der Waals surface area contributed by atoms with Gasteiger partial charge in [0.15, 0.2) is 24.2 Å². The number of nitrogens with zero attached hydrogens (tertiary/aromatic N) is 8. The minimum atomic E-state index is -0.846. The smallest absolute Gasteiger partial charge is 0.416 e. The van der Waals surface area contributed by atoms with Crippen molar-refractivity contribution in [3.63, 3.8) is 0 Å². The topological polar surface area (TPSA) is 340 Å². The maximum Gasteiger partial charge on any atom is 0.416 e. The highest BCUT2D eigenvalue weighted by molar-refractivity contribution is 6.07. The number of amides is 7. The molecule has 0 radical (unpaired) electrons. The number of ether oxygens (including phenoxy) is 5. The summed E-state index contributed by atoms with van der Waals surface area (Å²) >= 11 is 0. The van der Waals surface area contributed by atoms with E-state index in [2.05, 4.69) is 42.8 Å². The van der Waals surface area contributed by atoms with E-state index in [4.69, 9.17) is 42.9 Å². The quantitative estimate of drug-likeness (QED) is 0.0408. The van der Waals surface area contributed by atoms with Crippen LogP contribution in [-0.2, 0) is 57.1 Å². The van der Waals surface area contributed by atoms with Crippen LogP contribution in [0.4, 0.5) is 39.2 Å². The molecule has 28 nitrogen and oxygen atoms in total. The summed E-state index contributed by atoms with van der Waals surface area (Å²) in [7, 11) is 3.38. The lowest BCUT2D eigenvalue weighted by molar-refractivity contribution is -0.198. The lowest BCUT2D eigenvalue weighted by Crippen LogP contribution is -2.57. The molecule has 2 unspecified atom stereocenters. The molecule has 3 saturated heterocycles. The van der Waals surface area contributed by atoms with E-state index in [1.54, 1.807) is 47.8 Å². The van der Waals surface area contributed by atoms with Gasteiger partial charge in [-0.15, -0.1) is 0 Å². The normalized spacial score (nSPS) is 17.3. The van der Waals surface area contributed by atoms with Gasteiger partial charge in [0, 0.05) is 88.7 Å². The summed E-state index contributed by atoms with van der Waals surface area (Å²) in [4.78, 5) is 143. The third-order valence-electron chi connectivity index (χ3n) is 16.8. The third-order valence-corrected chi connectivity index (χ3v) is 16.8. The van der Waals surface area contributed by atoms with Crippen molar-refractivity contribution in [2.75, 3.05) is 65.7 Å². The van der Waals surface area contributed by atoms with Gasteiger partial charge in [-0.05, 0) is 146 Å². The zero-order valence-corrected chi connectivity index (χ0v) is 56.3. The molecule has 0 bridgehead atoms. The van der Waals surface area contributed by atoms with Crippen molar-refractivity contribution >= 4 is 94.4 Å². The van der Waals surface area contributed by atoms with Crippen molar-refractivity contribution in [2.24, 2.45) is 19.1 Å². The number of hydrogen-bond donors (Lipinski definition) is 4. The molecule has 28 heteroatoms. The minimum Gasteiger partial charge on any atom is -0.493 e. The maximum absolute atomic E-state index is 14.1. The van der Waals surface area contributed by atoms with Crippen LogP contribution in [0.2, 0.25) is 0 Å². The largest absolute Gasteiger partial charge is 0.493 e. The molecule has 3 fully saturated rings. The number of benzene rings is 4. The molecular weight excluding hydrogens is 1280 g/mol. The first-order valence-electron chi connectivity index (χ1n) is 32.7. The Kier molecular flexibility index (Phi) is 26.8. The molecule has 4 aromatic carbocycles. The Morgan fingerprint density at radius 3 is 1.68 bits per heavy atom. The molecule has 2 aromatic heterocycles. The van der Waals surface area contributed by atoms with Gasteiger partial charge in [0.25, 0.3) is 23.6 Å². The Morgan fingerprint density at radius 1 is 0.636 bits per heavy atom. The van der Waals surface area contributed by atoms with Gasteiger partial charge in [0.1, 0.15) is 18.1 Å². The van der Waals surface area contributed by atoms with Gasteiger partial charge < -0.3 is 63.9 Å². The number of nitrogens with one attached hydrogen (secondary N) is 4. The van der Waals surface area contributed by atoms with Gasteiger partial charge in [-0.2, -0.15) is 19.2 Å². The van der Waals surface area contributed by atoms with E-state index in [1.165, 1.54) is 11.0 Å². The molecule has 5 aliphatic rings. The van der Waals surface area contributed by atoms with E-state index < -0.39 is 30.6 Å². The zero-order valence-electron chi connectivity index (χ0n) is 56.3. The molecule has 0 spiro atoms. The Balaban J connectivity index is 0.000000241. The van der Waals surface area contributed by atoms with Crippen molar-refractivity contribution < 1.29 is 76.4 Å². The summed E-state index contributed by atoms with van der Waals surface area (Å²) in [5, 5.41) is 11.1. The van der Waals surface area contributed by atoms with Crippen LogP contribution in [0.1, 0.15) is 148 Å². The number of aliphatic imine (C=N–C) groups is 1. The van der Waals surface area contributed by atoms with Crippen LogP contribution >= 0.6 is 0 Å². The summed E-state index contributed by atoms with van der Waals surface area (Å²) in [6.07, 6.45) is 14.2. The van der Waals surface area contributed by atoms with Crippen LogP contribution in [0.3, 0.4) is 0 Å². The predicted octanol–water partition coefficient (Wildman–Crippen LogP) is 9.72. The Morgan fingerprint density at radius 2 is 1.14 bits per heavy atom. The fourth-order valence-corrected chi connectivity index (χ4v) is 11.9. The molecule has 7 amide bonds. The van der Waals surface area contributed by atoms with Crippen LogP contribution < -0.4 is 35.6 Å². The number of aryl methyl sites for hydroxylation is 6. The van der Waals surface area contributed by atoms with E-state index >= 15 is 0 Å². The first-order chi connectivity index (χ1) is 47.7. The van der Waals surface area contributed by atoms with Crippen LogP contribution in [0, 0.1) is 27.7 Å². The molecule has 7 heterocycles. The lowest BCUT2D eigenvalue weighted by atomic mass is 10.00. The van der Waals surface area contributed by atoms with E-state index in [0.717, 1.165) is 68.2 Å². The molecule has 4 N–H and O–H groups in total. The molecule has 5 aliphatic heterocycles. The zero-order chi connectivity index (χ0) is 71.1. The van der Waals surface area contributed by atoms with Crippen molar-refractivity contribution in [3.8, 4) is 11.5 Å². The number of hydrogen-bond acceptors (Lipinski definition) is 19. The second kappa shape index (κ2) is 35.9. The Hall–Kier alpha value is -10.9. The second-order valence-corrected chi connectivity index (χ2v) is 24.2. The first-order valence-corrected chi connectivity index (χ1v) is 32.7. The number of carbonyl (C=O) groups is 7. The fraction of sp³-hybridized carbons (Fsp3) is 0.408. The molecule has 6 aromatic rings. The summed E-state index contributed by atoms with van der Waals surface area (Å²) in [6, 6.07) is 21.6.